The molecule has 1 aliphatic rings. The fraction of sp³-hybridized carbons (Fsp3) is 0.286. The molecule has 1 aromatic heterocycles. The van der Waals surface area contributed by atoms with Gasteiger partial charge in [-0.25, -0.2) is 4.98 Å². The molecule has 1 atom stereocenters. The Hall–Kier alpha value is -2.38. The van der Waals surface area contributed by atoms with Crippen LogP contribution in [-0.2, 0) is 9.59 Å². The Labute approximate surface area is 171 Å². The Balaban J connectivity index is 1.41. The molecule has 0 aliphatic heterocycles. The van der Waals surface area contributed by atoms with E-state index in [-0.39, 0.29) is 23.0 Å². The zero-order valence-electron chi connectivity index (χ0n) is 15.5. The van der Waals surface area contributed by atoms with Crippen LogP contribution < -0.4 is 10.6 Å². The number of nitrogens with zero attached hydrogens (tertiary/aromatic N) is 1. The van der Waals surface area contributed by atoms with E-state index in [9.17, 15) is 9.59 Å². The predicted octanol–water partition coefficient (Wildman–Crippen LogP) is 5.15. The summed E-state index contributed by atoms with van der Waals surface area (Å²) in [4.78, 5) is 30.1. The zero-order valence-corrected chi connectivity index (χ0v) is 17.1. The number of nitrogens with one attached hydrogen (secondary N) is 2. The Morgan fingerprint density at radius 1 is 1.18 bits per heavy atom. The summed E-state index contributed by atoms with van der Waals surface area (Å²) in [5, 5.41) is 6.30. The van der Waals surface area contributed by atoms with Crippen molar-refractivity contribution in [3.63, 3.8) is 0 Å². The van der Waals surface area contributed by atoms with E-state index in [1.54, 1.807) is 0 Å². The Morgan fingerprint density at radius 2 is 2.00 bits per heavy atom. The molecule has 2 amide bonds. The van der Waals surface area contributed by atoms with Crippen molar-refractivity contribution in [3.8, 4) is 0 Å². The van der Waals surface area contributed by atoms with E-state index in [0.29, 0.717) is 11.6 Å². The summed E-state index contributed by atoms with van der Waals surface area (Å²) in [7, 11) is 0. The van der Waals surface area contributed by atoms with E-state index < -0.39 is 0 Å². The maximum Gasteiger partial charge on any atom is 0.239 e. The number of thiazole rings is 1. The van der Waals surface area contributed by atoms with Crippen LogP contribution in [-0.4, -0.2) is 22.0 Å². The van der Waals surface area contributed by atoms with Crippen LogP contribution in [0, 0.1) is 5.92 Å². The first-order valence-corrected chi connectivity index (χ1v) is 11.1. The Morgan fingerprint density at radius 3 is 2.75 bits per heavy atom. The van der Waals surface area contributed by atoms with Gasteiger partial charge in [0.25, 0.3) is 0 Å². The summed E-state index contributed by atoms with van der Waals surface area (Å²) in [6.45, 7) is 1.99. The van der Waals surface area contributed by atoms with Crippen LogP contribution in [0.5, 0.6) is 0 Å². The third kappa shape index (κ3) is 4.54. The lowest BCUT2D eigenvalue weighted by atomic mass is 10.3. The van der Waals surface area contributed by atoms with Gasteiger partial charge in [0.1, 0.15) is 0 Å². The minimum absolute atomic E-state index is 0.0565. The molecule has 0 saturated heterocycles. The molecule has 1 heterocycles. The van der Waals surface area contributed by atoms with E-state index >= 15 is 0 Å². The van der Waals surface area contributed by atoms with Crippen LogP contribution in [0.2, 0.25) is 0 Å². The summed E-state index contributed by atoms with van der Waals surface area (Å²) < 4.78 is 1.05. The molecule has 2 aromatic carbocycles. The van der Waals surface area contributed by atoms with Gasteiger partial charge in [-0.05, 0) is 49.6 Å². The van der Waals surface area contributed by atoms with E-state index in [1.807, 2.05) is 55.5 Å². The number of hydrogen-bond acceptors (Lipinski definition) is 5. The van der Waals surface area contributed by atoms with Crippen LogP contribution in [0.15, 0.2) is 53.4 Å². The Kier molecular flexibility index (Phi) is 5.64. The largest absolute Gasteiger partial charge is 0.326 e. The van der Waals surface area contributed by atoms with Crippen molar-refractivity contribution in [3.05, 3.63) is 48.5 Å². The maximum atomic E-state index is 12.8. The number of anilines is 2. The van der Waals surface area contributed by atoms with Crippen molar-refractivity contribution >= 4 is 55.9 Å². The highest BCUT2D eigenvalue weighted by Gasteiger charge is 2.29. The highest BCUT2D eigenvalue weighted by Crippen LogP contribution is 2.32. The number of carbonyl (C=O) groups is 2. The first kappa shape index (κ1) is 19.0. The number of carbonyl (C=O) groups excluding carboxylic acids is 2. The molecule has 3 aromatic rings. The van der Waals surface area contributed by atoms with Crippen molar-refractivity contribution in [2.75, 3.05) is 10.6 Å². The molecule has 1 fully saturated rings. The van der Waals surface area contributed by atoms with E-state index in [2.05, 4.69) is 15.6 Å². The number of hydrogen-bond donors (Lipinski definition) is 2. The van der Waals surface area contributed by atoms with Gasteiger partial charge >= 0.3 is 0 Å². The second-order valence-electron chi connectivity index (χ2n) is 6.78. The molecule has 4 rings (SSSR count). The molecule has 0 spiro atoms. The number of fused-ring (bicyclic) bond motifs is 1. The third-order valence-corrected chi connectivity index (χ3v) is 6.83. The molecular formula is C21H21N3O2S2. The van der Waals surface area contributed by atoms with Gasteiger partial charge < -0.3 is 10.6 Å². The minimum atomic E-state index is -0.235. The van der Waals surface area contributed by atoms with Gasteiger partial charge in [0, 0.05) is 16.5 Å². The van der Waals surface area contributed by atoms with Gasteiger partial charge in [0.05, 0.1) is 15.5 Å². The lowest BCUT2D eigenvalue weighted by molar-refractivity contribution is -0.117. The van der Waals surface area contributed by atoms with Crippen LogP contribution in [0.1, 0.15) is 26.2 Å². The molecular weight excluding hydrogens is 390 g/mol. The predicted molar refractivity (Wildman–Crippen MR) is 116 cm³/mol. The molecule has 1 saturated carbocycles. The molecule has 7 heteroatoms. The molecule has 5 nitrogen and oxygen atoms in total. The molecule has 144 valence electrons. The van der Waals surface area contributed by atoms with Gasteiger partial charge in [-0.15, -0.1) is 11.8 Å². The monoisotopic (exact) mass is 411 g/mol. The van der Waals surface area contributed by atoms with Gasteiger partial charge in [-0.3, -0.25) is 9.59 Å². The summed E-state index contributed by atoms with van der Waals surface area (Å²) in [6, 6.07) is 15.5. The van der Waals surface area contributed by atoms with Crippen molar-refractivity contribution in [1.29, 1.82) is 0 Å². The van der Waals surface area contributed by atoms with Crippen molar-refractivity contribution < 1.29 is 9.59 Å². The number of rotatable bonds is 7. The molecule has 1 aliphatic carbocycles. The molecule has 0 bridgehead atoms. The average Bonchev–Trinajstić information content (AvgIpc) is 3.46. The van der Waals surface area contributed by atoms with Crippen molar-refractivity contribution in [2.24, 2.45) is 5.92 Å². The topological polar surface area (TPSA) is 71.1 Å². The second-order valence-corrected chi connectivity index (χ2v) is 9.09. The fourth-order valence-corrected chi connectivity index (χ4v) is 4.72. The summed E-state index contributed by atoms with van der Waals surface area (Å²) >= 11 is 2.98. The molecule has 28 heavy (non-hydrogen) atoms. The van der Waals surface area contributed by atoms with Gasteiger partial charge in [-0.1, -0.05) is 36.5 Å². The minimum Gasteiger partial charge on any atom is -0.326 e. The molecule has 2 N–H and O–H groups in total. The number of thioether (sulfide) groups is 1. The van der Waals surface area contributed by atoms with Crippen LogP contribution in [0.25, 0.3) is 10.2 Å². The summed E-state index contributed by atoms with van der Waals surface area (Å²) in [6.07, 6.45) is 2.65. The zero-order chi connectivity index (χ0) is 19.5. The lowest BCUT2D eigenvalue weighted by Crippen LogP contribution is -2.24. The van der Waals surface area contributed by atoms with Crippen LogP contribution in [0.3, 0.4) is 0 Å². The van der Waals surface area contributed by atoms with Gasteiger partial charge in [0.15, 0.2) is 5.13 Å². The maximum absolute atomic E-state index is 12.8. The Bertz CT molecular complexity index is 981. The summed E-state index contributed by atoms with van der Waals surface area (Å²) in [5.74, 6) is 0.195. The number of benzene rings is 2. The first-order chi connectivity index (χ1) is 13.6. The quantitative estimate of drug-likeness (QED) is 0.527. The average molecular weight is 412 g/mol. The standard InChI is InChI=1S/C21H21N3O2S2/c1-2-17(20(26)24-21-23-16-8-3-4-9-18(16)28-21)27-15-7-5-6-14(12-15)22-19(25)13-10-11-13/h3-9,12-13,17H,2,10-11H2,1H3,(H,22,25)(H,23,24,26). The highest BCUT2D eigenvalue weighted by atomic mass is 32.2. The van der Waals surface area contributed by atoms with E-state index in [0.717, 1.165) is 33.6 Å². The van der Waals surface area contributed by atoms with Gasteiger partial charge in [-0.2, -0.15) is 0 Å². The highest BCUT2D eigenvalue weighted by molar-refractivity contribution is 8.00. The first-order valence-electron chi connectivity index (χ1n) is 9.36. The smallest absolute Gasteiger partial charge is 0.239 e. The number of aromatic nitrogens is 1. The lowest BCUT2D eigenvalue weighted by Gasteiger charge is -2.14. The normalized spacial score (nSPS) is 14.6. The van der Waals surface area contributed by atoms with Crippen molar-refractivity contribution in [2.45, 2.75) is 36.3 Å². The van der Waals surface area contributed by atoms with E-state index in [1.165, 1.54) is 23.1 Å². The van der Waals surface area contributed by atoms with Crippen LogP contribution >= 0.6 is 23.1 Å². The van der Waals surface area contributed by atoms with E-state index in [4.69, 9.17) is 0 Å². The summed E-state index contributed by atoms with van der Waals surface area (Å²) in [5.41, 5.74) is 1.67. The second kappa shape index (κ2) is 8.32. The fourth-order valence-electron chi connectivity index (χ4n) is 2.84. The number of amides is 2. The molecule has 1 unspecified atom stereocenters. The van der Waals surface area contributed by atoms with Crippen molar-refractivity contribution in [1.82, 2.24) is 4.98 Å². The number of para-hydroxylation sites is 1. The SMILES string of the molecule is CCC(Sc1cccc(NC(=O)C2CC2)c1)C(=O)Nc1nc2ccccc2s1. The third-order valence-electron chi connectivity index (χ3n) is 4.52. The van der Waals surface area contributed by atoms with Gasteiger partial charge in [0.2, 0.25) is 11.8 Å². The van der Waals surface area contributed by atoms with Crippen LogP contribution in [0.4, 0.5) is 10.8 Å². The molecule has 0 radical (unpaired) electrons.